The quantitative estimate of drug-likeness (QED) is 0.566. The van der Waals surface area contributed by atoms with E-state index in [1.807, 2.05) is 24.3 Å². The van der Waals surface area contributed by atoms with E-state index in [-0.39, 0.29) is 11.8 Å². The Bertz CT molecular complexity index is 717. The number of nitrogens with one attached hydrogen (secondary N) is 2. The van der Waals surface area contributed by atoms with Crippen LogP contribution in [0.2, 0.25) is 0 Å². The molecular weight excluding hydrogens is 370 g/mol. The van der Waals surface area contributed by atoms with Gasteiger partial charge in [-0.3, -0.25) is 14.6 Å². The highest BCUT2D eigenvalue weighted by Crippen LogP contribution is 2.16. The summed E-state index contributed by atoms with van der Waals surface area (Å²) >= 11 is 3.42. The van der Waals surface area contributed by atoms with Gasteiger partial charge in [-0.25, -0.2) is 0 Å². The molecule has 124 valence electrons. The molecule has 1 aromatic carbocycles. The molecule has 0 aliphatic carbocycles. The van der Waals surface area contributed by atoms with Crippen LogP contribution in [0, 0.1) is 0 Å². The molecule has 0 bridgehead atoms. The Morgan fingerprint density at radius 3 is 2.62 bits per heavy atom. The molecule has 0 unspecified atom stereocenters. The summed E-state index contributed by atoms with van der Waals surface area (Å²) in [5.74, 6) is -0.326. The van der Waals surface area contributed by atoms with Crippen molar-refractivity contribution >= 4 is 33.8 Å². The van der Waals surface area contributed by atoms with Crippen molar-refractivity contribution in [2.75, 3.05) is 13.1 Å². The number of aromatic nitrogens is 1. The lowest BCUT2D eigenvalue weighted by atomic mass is 10.2. The molecule has 2 N–H and O–H groups in total. The van der Waals surface area contributed by atoms with E-state index in [2.05, 4.69) is 31.5 Å². The molecule has 5 nitrogen and oxygen atoms in total. The summed E-state index contributed by atoms with van der Waals surface area (Å²) in [6, 6.07) is 11.1. The van der Waals surface area contributed by atoms with Gasteiger partial charge in [0.15, 0.2) is 0 Å². The normalized spacial score (nSPS) is 10.5. The van der Waals surface area contributed by atoms with E-state index < -0.39 is 0 Å². The maximum Gasteiger partial charge on any atom is 0.252 e. The number of hydrogen-bond acceptors (Lipinski definition) is 3. The molecular formula is C18H18BrN3O2. The van der Waals surface area contributed by atoms with E-state index in [9.17, 15) is 9.59 Å². The summed E-state index contributed by atoms with van der Waals surface area (Å²) < 4.78 is 0.937. The van der Waals surface area contributed by atoms with Crippen molar-refractivity contribution in [2.45, 2.75) is 6.42 Å². The monoisotopic (exact) mass is 387 g/mol. The summed E-state index contributed by atoms with van der Waals surface area (Å²) in [6.07, 6.45) is 7.04. The van der Waals surface area contributed by atoms with E-state index in [0.29, 0.717) is 25.1 Å². The number of hydrogen-bond donors (Lipinski definition) is 2. The van der Waals surface area contributed by atoms with Crippen molar-refractivity contribution in [2.24, 2.45) is 0 Å². The van der Waals surface area contributed by atoms with Crippen molar-refractivity contribution in [3.63, 3.8) is 0 Å². The Hall–Kier alpha value is -2.47. The molecule has 1 aromatic heterocycles. The highest BCUT2D eigenvalue weighted by Gasteiger charge is 2.03. The molecule has 1 heterocycles. The van der Waals surface area contributed by atoms with Crippen molar-refractivity contribution in [3.05, 3.63) is 70.5 Å². The highest BCUT2D eigenvalue weighted by atomic mass is 79.9. The van der Waals surface area contributed by atoms with Crippen molar-refractivity contribution in [3.8, 4) is 0 Å². The van der Waals surface area contributed by atoms with Gasteiger partial charge in [0.05, 0.1) is 5.56 Å². The van der Waals surface area contributed by atoms with E-state index in [4.69, 9.17) is 0 Å². The third-order valence-corrected chi connectivity index (χ3v) is 3.90. The molecule has 0 aliphatic rings. The van der Waals surface area contributed by atoms with Crippen LogP contribution in [0.3, 0.4) is 0 Å². The Morgan fingerprint density at radius 1 is 1.08 bits per heavy atom. The fraction of sp³-hybridized carbons (Fsp3) is 0.167. The maximum atomic E-state index is 11.8. The van der Waals surface area contributed by atoms with E-state index in [1.165, 1.54) is 12.3 Å². The summed E-state index contributed by atoms with van der Waals surface area (Å²) in [7, 11) is 0. The second kappa shape index (κ2) is 9.62. The Labute approximate surface area is 149 Å². The van der Waals surface area contributed by atoms with Gasteiger partial charge in [0.1, 0.15) is 0 Å². The van der Waals surface area contributed by atoms with Crippen LogP contribution in [0.25, 0.3) is 6.08 Å². The van der Waals surface area contributed by atoms with Gasteiger partial charge in [-0.05, 0) is 36.3 Å². The first kappa shape index (κ1) is 17.9. The van der Waals surface area contributed by atoms with Gasteiger partial charge in [0.2, 0.25) is 5.91 Å². The summed E-state index contributed by atoms with van der Waals surface area (Å²) in [5.41, 5.74) is 1.47. The molecule has 2 aromatic rings. The van der Waals surface area contributed by atoms with Gasteiger partial charge in [-0.15, -0.1) is 0 Å². The fourth-order valence-corrected chi connectivity index (χ4v) is 2.35. The second-order valence-electron chi connectivity index (χ2n) is 5.00. The molecule has 0 aliphatic heterocycles. The van der Waals surface area contributed by atoms with Crippen molar-refractivity contribution in [1.29, 1.82) is 0 Å². The summed E-state index contributed by atoms with van der Waals surface area (Å²) in [6.45, 7) is 0.981. The van der Waals surface area contributed by atoms with E-state index in [0.717, 1.165) is 10.0 Å². The molecule has 0 spiro atoms. The van der Waals surface area contributed by atoms with Crippen LogP contribution in [0.4, 0.5) is 0 Å². The van der Waals surface area contributed by atoms with Gasteiger partial charge in [0.25, 0.3) is 5.91 Å². The Balaban J connectivity index is 1.65. The zero-order chi connectivity index (χ0) is 17.2. The third kappa shape index (κ3) is 5.96. The van der Waals surface area contributed by atoms with E-state index in [1.54, 1.807) is 24.4 Å². The van der Waals surface area contributed by atoms with Gasteiger partial charge < -0.3 is 10.6 Å². The van der Waals surface area contributed by atoms with Gasteiger partial charge in [-0.2, -0.15) is 0 Å². The lowest BCUT2D eigenvalue weighted by Crippen LogP contribution is -2.29. The number of pyridine rings is 1. The number of carbonyl (C=O) groups excluding carboxylic acids is 2. The number of carbonyl (C=O) groups is 2. The predicted molar refractivity (Wildman–Crippen MR) is 97.4 cm³/mol. The number of nitrogens with zero attached hydrogens (tertiary/aromatic N) is 1. The Morgan fingerprint density at radius 2 is 1.88 bits per heavy atom. The second-order valence-corrected chi connectivity index (χ2v) is 5.85. The minimum Gasteiger partial charge on any atom is -0.352 e. The molecule has 0 saturated carbocycles. The van der Waals surface area contributed by atoms with Crippen LogP contribution in [0.5, 0.6) is 0 Å². The molecule has 6 heteroatoms. The van der Waals surface area contributed by atoms with Crippen LogP contribution < -0.4 is 10.6 Å². The molecule has 0 saturated heterocycles. The molecule has 0 atom stereocenters. The standard InChI is InChI=1S/C18H18BrN3O2/c19-16-7-2-1-5-14(16)8-9-17(23)21-11-4-12-22-18(24)15-6-3-10-20-13-15/h1-3,5-10,13H,4,11-12H2,(H,21,23)(H,22,24)/b9-8+. The molecule has 0 fully saturated rings. The molecule has 2 amide bonds. The van der Waals surface area contributed by atoms with Crippen molar-refractivity contribution in [1.82, 2.24) is 15.6 Å². The van der Waals surface area contributed by atoms with Gasteiger partial charge in [-0.1, -0.05) is 34.1 Å². The number of halogens is 1. The molecule has 2 rings (SSSR count). The van der Waals surface area contributed by atoms with Gasteiger partial charge >= 0.3 is 0 Å². The van der Waals surface area contributed by atoms with Crippen LogP contribution in [0.15, 0.2) is 59.3 Å². The topological polar surface area (TPSA) is 71.1 Å². The predicted octanol–water partition coefficient (Wildman–Crippen LogP) is 2.79. The Kier molecular flexibility index (Phi) is 7.17. The van der Waals surface area contributed by atoms with Crippen LogP contribution in [0.1, 0.15) is 22.3 Å². The molecule has 24 heavy (non-hydrogen) atoms. The van der Waals surface area contributed by atoms with E-state index >= 15 is 0 Å². The summed E-state index contributed by atoms with van der Waals surface area (Å²) in [5, 5.41) is 5.56. The fourth-order valence-electron chi connectivity index (χ4n) is 1.94. The third-order valence-electron chi connectivity index (χ3n) is 3.18. The van der Waals surface area contributed by atoms with Crippen LogP contribution in [-0.2, 0) is 4.79 Å². The lowest BCUT2D eigenvalue weighted by Gasteiger charge is -2.05. The zero-order valence-corrected chi connectivity index (χ0v) is 14.6. The maximum absolute atomic E-state index is 11.8. The SMILES string of the molecule is O=C(/C=C/c1ccccc1Br)NCCCNC(=O)c1cccnc1. The highest BCUT2D eigenvalue weighted by molar-refractivity contribution is 9.10. The zero-order valence-electron chi connectivity index (χ0n) is 13.0. The van der Waals surface area contributed by atoms with Crippen LogP contribution >= 0.6 is 15.9 Å². The minimum absolute atomic E-state index is 0.163. The number of amides is 2. The van der Waals surface area contributed by atoms with Gasteiger partial charge in [0, 0.05) is 36.0 Å². The van der Waals surface area contributed by atoms with Crippen LogP contribution in [-0.4, -0.2) is 29.9 Å². The average molecular weight is 388 g/mol. The minimum atomic E-state index is -0.164. The number of rotatable bonds is 7. The first-order valence-electron chi connectivity index (χ1n) is 7.55. The molecule has 0 radical (unpaired) electrons. The lowest BCUT2D eigenvalue weighted by molar-refractivity contribution is -0.116. The number of benzene rings is 1. The summed E-state index contributed by atoms with van der Waals surface area (Å²) in [4.78, 5) is 27.4. The first-order chi connectivity index (χ1) is 11.7. The van der Waals surface area contributed by atoms with Crippen molar-refractivity contribution < 1.29 is 9.59 Å². The average Bonchev–Trinajstić information content (AvgIpc) is 2.61. The first-order valence-corrected chi connectivity index (χ1v) is 8.35. The smallest absolute Gasteiger partial charge is 0.252 e. The largest absolute Gasteiger partial charge is 0.352 e.